The van der Waals surface area contributed by atoms with E-state index in [1.54, 1.807) is 0 Å². The molecule has 21 heavy (non-hydrogen) atoms. The van der Waals surface area contributed by atoms with E-state index in [9.17, 15) is 18.0 Å². The summed E-state index contributed by atoms with van der Waals surface area (Å²) in [6, 6.07) is 7.34. The Labute approximate surface area is 117 Å². The van der Waals surface area contributed by atoms with Gasteiger partial charge in [-0.15, -0.1) is 0 Å². The number of benzene rings is 1. The van der Waals surface area contributed by atoms with Crippen molar-refractivity contribution in [2.24, 2.45) is 0 Å². The monoisotopic (exact) mass is 291 g/mol. The first-order valence-corrected chi connectivity index (χ1v) is 5.74. The second kappa shape index (κ2) is 5.63. The van der Waals surface area contributed by atoms with E-state index in [1.165, 1.54) is 36.7 Å². The first-order chi connectivity index (χ1) is 9.91. The summed E-state index contributed by atoms with van der Waals surface area (Å²) >= 11 is 0. The third kappa shape index (κ3) is 3.36. The number of anilines is 1. The average Bonchev–Trinajstić information content (AvgIpc) is 2.47. The maximum atomic E-state index is 12.8. The Balaban J connectivity index is 2.30. The summed E-state index contributed by atoms with van der Waals surface area (Å²) in [4.78, 5) is 15.6. The number of nitrogens with one attached hydrogen (secondary N) is 1. The SMILES string of the molecule is N#Cc1ccc(NC(=O)c2ccncc2)cc1C(F)(F)F. The number of nitriles is 1. The summed E-state index contributed by atoms with van der Waals surface area (Å²) in [5.74, 6) is -0.560. The van der Waals surface area contributed by atoms with Crippen LogP contribution in [0.15, 0.2) is 42.7 Å². The molecule has 0 saturated carbocycles. The molecule has 0 unspecified atom stereocenters. The van der Waals surface area contributed by atoms with Gasteiger partial charge in [-0.3, -0.25) is 9.78 Å². The van der Waals surface area contributed by atoms with E-state index in [0.717, 1.165) is 12.1 Å². The Bertz CT molecular complexity index is 706. The van der Waals surface area contributed by atoms with Crippen LogP contribution in [0, 0.1) is 11.3 Å². The number of rotatable bonds is 2. The zero-order valence-electron chi connectivity index (χ0n) is 10.5. The molecular weight excluding hydrogens is 283 g/mol. The molecular formula is C14H8F3N3O. The molecule has 1 amide bonds. The molecule has 1 aromatic heterocycles. The summed E-state index contributed by atoms with van der Waals surface area (Å²) in [7, 11) is 0. The fraction of sp³-hybridized carbons (Fsp3) is 0.0714. The van der Waals surface area contributed by atoms with Crippen molar-refractivity contribution in [2.45, 2.75) is 6.18 Å². The first-order valence-electron chi connectivity index (χ1n) is 5.74. The van der Waals surface area contributed by atoms with E-state index in [0.29, 0.717) is 0 Å². The van der Waals surface area contributed by atoms with E-state index >= 15 is 0 Å². The lowest BCUT2D eigenvalue weighted by atomic mass is 10.1. The van der Waals surface area contributed by atoms with Gasteiger partial charge in [0.15, 0.2) is 0 Å². The minimum Gasteiger partial charge on any atom is -0.322 e. The van der Waals surface area contributed by atoms with Gasteiger partial charge in [-0.25, -0.2) is 0 Å². The third-order valence-corrected chi connectivity index (χ3v) is 2.65. The molecule has 0 bridgehead atoms. The van der Waals surface area contributed by atoms with Gasteiger partial charge >= 0.3 is 6.18 Å². The molecule has 0 aliphatic heterocycles. The molecule has 4 nitrogen and oxygen atoms in total. The Morgan fingerprint density at radius 1 is 1.19 bits per heavy atom. The number of halogens is 3. The predicted octanol–water partition coefficient (Wildman–Crippen LogP) is 3.22. The van der Waals surface area contributed by atoms with Gasteiger partial charge < -0.3 is 5.32 Å². The van der Waals surface area contributed by atoms with Crippen molar-refractivity contribution >= 4 is 11.6 Å². The van der Waals surface area contributed by atoms with Crippen molar-refractivity contribution in [3.8, 4) is 6.07 Å². The van der Waals surface area contributed by atoms with Gasteiger partial charge in [-0.05, 0) is 30.3 Å². The summed E-state index contributed by atoms with van der Waals surface area (Å²) in [6.07, 6.45) is -1.87. The number of carbonyl (C=O) groups is 1. The summed E-state index contributed by atoms with van der Waals surface area (Å²) in [5, 5.41) is 11.0. The largest absolute Gasteiger partial charge is 0.417 e. The highest BCUT2D eigenvalue weighted by Gasteiger charge is 2.33. The van der Waals surface area contributed by atoms with Crippen molar-refractivity contribution < 1.29 is 18.0 Å². The van der Waals surface area contributed by atoms with Gasteiger partial charge in [-0.1, -0.05) is 0 Å². The second-order valence-corrected chi connectivity index (χ2v) is 4.06. The van der Waals surface area contributed by atoms with Crippen LogP contribution in [0.25, 0.3) is 0 Å². The fourth-order valence-corrected chi connectivity index (χ4v) is 1.66. The minimum absolute atomic E-state index is 0.0388. The molecule has 0 atom stereocenters. The number of alkyl halides is 3. The van der Waals surface area contributed by atoms with E-state index < -0.39 is 23.2 Å². The van der Waals surface area contributed by atoms with Gasteiger partial charge in [-0.2, -0.15) is 18.4 Å². The number of pyridine rings is 1. The Morgan fingerprint density at radius 3 is 2.43 bits per heavy atom. The van der Waals surface area contributed by atoms with Crippen molar-refractivity contribution in [3.63, 3.8) is 0 Å². The molecule has 0 aliphatic rings. The zero-order valence-corrected chi connectivity index (χ0v) is 10.5. The van der Waals surface area contributed by atoms with E-state index in [1.807, 2.05) is 0 Å². The fourth-order valence-electron chi connectivity index (χ4n) is 1.66. The molecule has 106 valence electrons. The number of hydrogen-bond acceptors (Lipinski definition) is 3. The molecule has 0 saturated heterocycles. The summed E-state index contributed by atoms with van der Waals surface area (Å²) < 4.78 is 38.4. The first kappa shape index (κ1) is 14.5. The van der Waals surface area contributed by atoms with Gasteiger partial charge in [0, 0.05) is 23.6 Å². The van der Waals surface area contributed by atoms with Crippen LogP contribution in [-0.4, -0.2) is 10.9 Å². The summed E-state index contributed by atoms with van der Waals surface area (Å²) in [6.45, 7) is 0. The number of nitrogens with zero attached hydrogens (tertiary/aromatic N) is 2. The molecule has 1 heterocycles. The lowest BCUT2D eigenvalue weighted by Crippen LogP contribution is -2.14. The molecule has 2 rings (SSSR count). The molecule has 2 aromatic rings. The average molecular weight is 291 g/mol. The van der Waals surface area contributed by atoms with Crippen LogP contribution < -0.4 is 5.32 Å². The number of amides is 1. The van der Waals surface area contributed by atoms with Crippen molar-refractivity contribution in [1.29, 1.82) is 5.26 Å². The number of hydrogen-bond donors (Lipinski definition) is 1. The molecule has 0 spiro atoms. The molecule has 7 heteroatoms. The van der Waals surface area contributed by atoms with E-state index in [2.05, 4.69) is 10.3 Å². The third-order valence-electron chi connectivity index (χ3n) is 2.65. The standard InChI is InChI=1S/C14H8F3N3O/c15-14(16,17)12-7-11(2-1-10(12)8-18)20-13(21)9-3-5-19-6-4-9/h1-7H,(H,20,21). The predicted molar refractivity (Wildman–Crippen MR) is 68.3 cm³/mol. The van der Waals surface area contributed by atoms with Crippen LogP contribution in [-0.2, 0) is 6.18 Å². The van der Waals surface area contributed by atoms with Gasteiger partial charge in [0.05, 0.1) is 17.2 Å². The summed E-state index contributed by atoms with van der Waals surface area (Å²) in [5.41, 5.74) is -1.35. The number of aromatic nitrogens is 1. The van der Waals surface area contributed by atoms with Crippen LogP contribution in [0.1, 0.15) is 21.5 Å². The van der Waals surface area contributed by atoms with E-state index in [-0.39, 0.29) is 11.3 Å². The lowest BCUT2D eigenvalue weighted by molar-refractivity contribution is -0.137. The highest BCUT2D eigenvalue weighted by Crippen LogP contribution is 2.33. The minimum atomic E-state index is -4.66. The number of carbonyl (C=O) groups excluding carboxylic acids is 1. The van der Waals surface area contributed by atoms with E-state index in [4.69, 9.17) is 5.26 Å². The van der Waals surface area contributed by atoms with Crippen molar-refractivity contribution in [3.05, 3.63) is 59.4 Å². The zero-order chi connectivity index (χ0) is 15.5. The van der Waals surface area contributed by atoms with Crippen LogP contribution in [0.2, 0.25) is 0 Å². The van der Waals surface area contributed by atoms with Gasteiger partial charge in [0.25, 0.3) is 5.91 Å². The Kier molecular flexibility index (Phi) is 3.89. The molecule has 0 radical (unpaired) electrons. The quantitative estimate of drug-likeness (QED) is 0.923. The highest BCUT2D eigenvalue weighted by molar-refractivity contribution is 6.04. The Morgan fingerprint density at radius 2 is 1.86 bits per heavy atom. The van der Waals surface area contributed by atoms with Crippen LogP contribution in [0.5, 0.6) is 0 Å². The van der Waals surface area contributed by atoms with Crippen LogP contribution in [0.4, 0.5) is 18.9 Å². The van der Waals surface area contributed by atoms with Gasteiger partial charge in [0.1, 0.15) is 0 Å². The molecule has 0 aliphatic carbocycles. The molecule has 0 fully saturated rings. The second-order valence-electron chi connectivity index (χ2n) is 4.06. The van der Waals surface area contributed by atoms with Crippen LogP contribution >= 0.6 is 0 Å². The smallest absolute Gasteiger partial charge is 0.322 e. The topological polar surface area (TPSA) is 65.8 Å². The Hall–Kier alpha value is -2.88. The lowest BCUT2D eigenvalue weighted by Gasteiger charge is -2.11. The molecule has 1 aromatic carbocycles. The van der Waals surface area contributed by atoms with Crippen molar-refractivity contribution in [2.75, 3.05) is 5.32 Å². The van der Waals surface area contributed by atoms with Crippen molar-refractivity contribution in [1.82, 2.24) is 4.98 Å². The van der Waals surface area contributed by atoms with Gasteiger partial charge in [0.2, 0.25) is 0 Å². The maximum absolute atomic E-state index is 12.8. The maximum Gasteiger partial charge on any atom is 0.417 e. The normalized spacial score (nSPS) is 10.8. The van der Waals surface area contributed by atoms with Crippen LogP contribution in [0.3, 0.4) is 0 Å². The molecule has 1 N–H and O–H groups in total. The highest BCUT2D eigenvalue weighted by atomic mass is 19.4.